The van der Waals surface area contributed by atoms with Gasteiger partial charge in [-0.05, 0) is 81.3 Å². The fraction of sp³-hybridized carbons (Fsp3) is 0.185. The van der Waals surface area contributed by atoms with Gasteiger partial charge in [0.15, 0.2) is 0 Å². The van der Waals surface area contributed by atoms with Gasteiger partial charge in [-0.1, -0.05) is 41.6 Å². The van der Waals surface area contributed by atoms with E-state index < -0.39 is 0 Å². The van der Waals surface area contributed by atoms with Gasteiger partial charge in [0.05, 0.1) is 12.3 Å². The lowest BCUT2D eigenvalue weighted by atomic mass is 10.1. The number of nitrogens with zero attached hydrogens (tertiary/aromatic N) is 1. The number of carbonyl (C=O) groups excluding carboxylic acids is 2. The minimum atomic E-state index is -0.364. The monoisotopic (exact) mass is 458 g/mol. The van der Waals surface area contributed by atoms with Crippen LogP contribution in [-0.2, 0) is 9.59 Å². The summed E-state index contributed by atoms with van der Waals surface area (Å²) in [5.74, 6) is 0.0574. The summed E-state index contributed by atoms with van der Waals surface area (Å²) in [6, 6.07) is 21.0. The number of benzene rings is 3. The fourth-order valence-corrected chi connectivity index (χ4v) is 4.49. The van der Waals surface area contributed by atoms with Gasteiger partial charge < -0.3 is 10.1 Å². The molecular weight excluding hydrogens is 432 g/mol. The predicted molar refractivity (Wildman–Crippen MR) is 134 cm³/mol. The fourth-order valence-electron chi connectivity index (χ4n) is 3.56. The summed E-state index contributed by atoms with van der Waals surface area (Å²) in [5.41, 5.74) is 4.57. The van der Waals surface area contributed by atoms with Crippen LogP contribution in [0.25, 0.3) is 0 Å². The van der Waals surface area contributed by atoms with E-state index in [0.717, 1.165) is 27.3 Å². The van der Waals surface area contributed by atoms with Crippen LogP contribution in [0.3, 0.4) is 0 Å². The highest BCUT2D eigenvalue weighted by atomic mass is 32.2. The summed E-state index contributed by atoms with van der Waals surface area (Å²) in [5, 5.41) is 3.20. The van der Waals surface area contributed by atoms with E-state index in [1.807, 2.05) is 94.4 Å². The molecule has 0 atom stereocenters. The summed E-state index contributed by atoms with van der Waals surface area (Å²) < 4.78 is 5.50. The highest BCUT2D eigenvalue weighted by molar-refractivity contribution is 8.04. The van der Waals surface area contributed by atoms with Gasteiger partial charge in [0.1, 0.15) is 16.4 Å². The van der Waals surface area contributed by atoms with E-state index in [1.54, 1.807) is 0 Å². The van der Waals surface area contributed by atoms with E-state index in [9.17, 15) is 9.59 Å². The maximum absolute atomic E-state index is 13.6. The lowest BCUT2D eigenvalue weighted by Gasteiger charge is -2.18. The molecule has 0 aliphatic carbocycles. The molecule has 3 aromatic rings. The van der Waals surface area contributed by atoms with E-state index >= 15 is 0 Å². The molecule has 0 fully saturated rings. The number of nitrogens with one attached hydrogen (secondary N) is 1. The van der Waals surface area contributed by atoms with Gasteiger partial charge in [0.25, 0.3) is 11.8 Å². The molecule has 168 valence electrons. The smallest absolute Gasteiger partial charge is 0.283 e. The molecule has 33 heavy (non-hydrogen) atoms. The van der Waals surface area contributed by atoms with Crippen molar-refractivity contribution in [3.8, 4) is 5.75 Å². The SMILES string of the molecule is CCOc1ccc(NC2=C(Sc3ccc(C)cc3)C(=O)N(c3cc(C)ccc3C)C2=O)cc1. The molecule has 1 heterocycles. The zero-order valence-electron chi connectivity index (χ0n) is 19.1. The molecule has 0 spiro atoms. The minimum Gasteiger partial charge on any atom is -0.494 e. The molecular formula is C27H26N2O3S. The Kier molecular flexibility index (Phi) is 6.56. The van der Waals surface area contributed by atoms with Crippen molar-refractivity contribution < 1.29 is 14.3 Å². The van der Waals surface area contributed by atoms with Crippen molar-refractivity contribution >= 4 is 35.0 Å². The maximum Gasteiger partial charge on any atom is 0.283 e. The van der Waals surface area contributed by atoms with Crippen LogP contribution in [0.1, 0.15) is 23.6 Å². The standard InChI is InChI=1S/C27H26N2O3S/c1-5-32-21-12-10-20(11-13-21)28-24-25(33-22-14-7-17(2)8-15-22)27(31)29(26(24)30)23-16-18(3)6-9-19(23)4/h6-16,28H,5H2,1-4H3. The van der Waals surface area contributed by atoms with Crippen molar-refractivity contribution in [1.82, 2.24) is 0 Å². The zero-order valence-corrected chi connectivity index (χ0v) is 20.0. The number of rotatable bonds is 7. The van der Waals surface area contributed by atoms with Gasteiger partial charge in [-0.15, -0.1) is 0 Å². The lowest BCUT2D eigenvalue weighted by Crippen LogP contribution is -2.33. The number of carbonyl (C=O) groups is 2. The van der Waals surface area contributed by atoms with Gasteiger partial charge in [-0.3, -0.25) is 9.59 Å². The summed E-state index contributed by atoms with van der Waals surface area (Å²) >= 11 is 1.30. The Balaban J connectivity index is 1.73. The molecule has 6 heteroatoms. The van der Waals surface area contributed by atoms with Gasteiger partial charge in [-0.2, -0.15) is 0 Å². The van der Waals surface area contributed by atoms with Crippen molar-refractivity contribution in [2.75, 3.05) is 16.8 Å². The Morgan fingerprint density at radius 3 is 2.18 bits per heavy atom. The third-order valence-corrected chi connectivity index (χ3v) is 6.41. The Labute approximate surface area is 198 Å². The van der Waals surface area contributed by atoms with Crippen LogP contribution in [0, 0.1) is 20.8 Å². The number of hydrogen-bond donors (Lipinski definition) is 1. The number of aryl methyl sites for hydroxylation is 3. The molecule has 2 amide bonds. The van der Waals surface area contributed by atoms with Crippen molar-refractivity contribution in [1.29, 1.82) is 0 Å². The summed E-state index contributed by atoms with van der Waals surface area (Å²) in [6.07, 6.45) is 0. The van der Waals surface area contributed by atoms with Gasteiger partial charge in [0, 0.05) is 10.6 Å². The number of anilines is 2. The molecule has 0 saturated carbocycles. The average molecular weight is 459 g/mol. The van der Waals surface area contributed by atoms with Gasteiger partial charge >= 0.3 is 0 Å². The lowest BCUT2D eigenvalue weighted by molar-refractivity contribution is -0.120. The highest BCUT2D eigenvalue weighted by Crippen LogP contribution is 2.39. The topological polar surface area (TPSA) is 58.6 Å². The average Bonchev–Trinajstić information content (AvgIpc) is 3.02. The quantitative estimate of drug-likeness (QED) is 0.440. The molecule has 4 rings (SSSR count). The number of thioether (sulfide) groups is 1. The molecule has 5 nitrogen and oxygen atoms in total. The van der Waals surface area contributed by atoms with Gasteiger partial charge in [-0.25, -0.2) is 4.90 Å². The van der Waals surface area contributed by atoms with Crippen LogP contribution >= 0.6 is 11.8 Å². The second-order valence-electron chi connectivity index (χ2n) is 7.94. The Hall–Kier alpha value is -3.51. The molecule has 0 radical (unpaired) electrons. The number of hydrogen-bond acceptors (Lipinski definition) is 5. The third kappa shape index (κ3) is 4.81. The van der Waals surface area contributed by atoms with Crippen LogP contribution in [0.5, 0.6) is 5.75 Å². The van der Waals surface area contributed by atoms with E-state index in [-0.39, 0.29) is 17.5 Å². The molecule has 3 aromatic carbocycles. The molecule has 1 aliphatic heterocycles. The molecule has 0 aromatic heterocycles. The first-order valence-corrected chi connectivity index (χ1v) is 11.6. The first kappa shape index (κ1) is 22.7. The number of imide groups is 1. The molecule has 1 aliphatic rings. The zero-order chi connectivity index (χ0) is 23.5. The molecule has 1 N–H and O–H groups in total. The van der Waals surface area contributed by atoms with Crippen molar-refractivity contribution in [2.45, 2.75) is 32.6 Å². The second kappa shape index (κ2) is 9.55. The van der Waals surface area contributed by atoms with Gasteiger partial charge in [0.2, 0.25) is 0 Å². The van der Waals surface area contributed by atoms with Crippen LogP contribution in [-0.4, -0.2) is 18.4 Å². The van der Waals surface area contributed by atoms with Crippen LogP contribution in [0.2, 0.25) is 0 Å². The predicted octanol–water partition coefficient (Wildman–Crippen LogP) is 6.00. The molecule has 0 saturated heterocycles. The number of ether oxygens (including phenoxy) is 1. The van der Waals surface area contributed by atoms with Crippen molar-refractivity contribution in [2.24, 2.45) is 0 Å². The van der Waals surface area contributed by atoms with Crippen molar-refractivity contribution in [3.05, 3.63) is 94.0 Å². The van der Waals surface area contributed by atoms with E-state index in [4.69, 9.17) is 4.74 Å². The summed E-state index contributed by atoms with van der Waals surface area (Å²) in [7, 11) is 0. The summed E-state index contributed by atoms with van der Waals surface area (Å²) in [6.45, 7) is 8.37. The second-order valence-corrected chi connectivity index (χ2v) is 9.02. The Bertz CT molecular complexity index is 1230. The Morgan fingerprint density at radius 2 is 1.52 bits per heavy atom. The normalized spacial score (nSPS) is 13.6. The third-order valence-electron chi connectivity index (χ3n) is 5.32. The van der Waals surface area contributed by atoms with Crippen LogP contribution < -0.4 is 15.0 Å². The van der Waals surface area contributed by atoms with Crippen molar-refractivity contribution in [3.63, 3.8) is 0 Å². The first-order chi connectivity index (χ1) is 15.9. The van der Waals surface area contributed by atoms with E-state index in [1.165, 1.54) is 16.7 Å². The van der Waals surface area contributed by atoms with E-state index in [2.05, 4.69) is 5.32 Å². The summed E-state index contributed by atoms with van der Waals surface area (Å²) in [4.78, 5) is 29.7. The highest BCUT2D eigenvalue weighted by Gasteiger charge is 2.40. The minimum absolute atomic E-state index is 0.274. The maximum atomic E-state index is 13.6. The first-order valence-electron chi connectivity index (χ1n) is 10.8. The van der Waals surface area contributed by atoms with Crippen LogP contribution in [0.4, 0.5) is 11.4 Å². The molecule has 0 unspecified atom stereocenters. The van der Waals surface area contributed by atoms with Crippen LogP contribution in [0.15, 0.2) is 82.2 Å². The largest absolute Gasteiger partial charge is 0.494 e. The molecule has 0 bridgehead atoms. The van der Waals surface area contributed by atoms with E-state index in [0.29, 0.717) is 22.9 Å². The number of amides is 2. The Morgan fingerprint density at radius 1 is 0.848 bits per heavy atom.